The van der Waals surface area contributed by atoms with Gasteiger partial charge in [0.2, 0.25) is 0 Å². The van der Waals surface area contributed by atoms with Crippen LogP contribution in [-0.4, -0.2) is 33.8 Å². The molecule has 5 heteroatoms. The van der Waals surface area contributed by atoms with Gasteiger partial charge in [-0.05, 0) is 44.4 Å². The van der Waals surface area contributed by atoms with Gasteiger partial charge in [-0.3, -0.25) is 0 Å². The van der Waals surface area contributed by atoms with E-state index in [1.165, 1.54) is 6.33 Å². The molecule has 0 radical (unpaired) electrons. The summed E-state index contributed by atoms with van der Waals surface area (Å²) in [6.07, 6.45) is 6.80. The van der Waals surface area contributed by atoms with E-state index < -0.39 is 0 Å². The van der Waals surface area contributed by atoms with E-state index in [1.54, 1.807) is 0 Å². The van der Waals surface area contributed by atoms with Gasteiger partial charge in [0.25, 0.3) is 0 Å². The molecule has 4 nitrogen and oxygen atoms in total. The van der Waals surface area contributed by atoms with E-state index in [4.69, 9.17) is 0 Å². The largest absolute Gasteiger partial charge is 0.393 e. The highest BCUT2D eigenvalue weighted by atomic mass is 19.1. The number of hydrogen-bond donors (Lipinski definition) is 1. The highest BCUT2D eigenvalue weighted by Gasteiger charge is 2.40. The van der Waals surface area contributed by atoms with Crippen molar-refractivity contribution in [2.45, 2.75) is 64.5 Å². The fourth-order valence-electron chi connectivity index (χ4n) is 4.17. The molecule has 1 saturated heterocycles. The maximum absolute atomic E-state index is 14.6. The Balaban J connectivity index is 1.87. The topological polar surface area (TPSA) is 49.2 Å². The summed E-state index contributed by atoms with van der Waals surface area (Å²) in [4.78, 5) is 10.3. The molecule has 0 amide bonds. The second-order valence-corrected chi connectivity index (χ2v) is 6.86. The molecule has 0 bridgehead atoms. The number of nitrogens with zero attached hydrogens (tertiary/aromatic N) is 3. The zero-order valence-corrected chi connectivity index (χ0v) is 13.5. The van der Waals surface area contributed by atoms with E-state index in [0.29, 0.717) is 23.9 Å². The molecule has 1 aliphatic heterocycles. The standard InChI is InChI=1S/C17H26FN3O/c1-3-13-16(18)17(20-10-19-13)21-8-4-5-14(21)12-9-11(2)6-7-15(12)22/h10-12,14-15,22H,3-9H2,1-2H3/t11-,12-,14+,15+/m0/s1. The van der Waals surface area contributed by atoms with Gasteiger partial charge in [0.15, 0.2) is 11.6 Å². The van der Waals surface area contributed by atoms with Crippen LogP contribution in [-0.2, 0) is 6.42 Å². The lowest BCUT2D eigenvalue weighted by Crippen LogP contribution is -2.44. The van der Waals surface area contributed by atoms with E-state index in [1.807, 2.05) is 6.92 Å². The second-order valence-electron chi connectivity index (χ2n) is 6.86. The fourth-order valence-corrected chi connectivity index (χ4v) is 4.17. The van der Waals surface area contributed by atoms with Crippen molar-refractivity contribution in [2.24, 2.45) is 11.8 Å². The van der Waals surface area contributed by atoms with Crippen molar-refractivity contribution >= 4 is 5.82 Å². The molecule has 22 heavy (non-hydrogen) atoms. The minimum absolute atomic E-state index is 0.201. The van der Waals surface area contributed by atoms with E-state index in [-0.39, 0.29) is 23.9 Å². The molecule has 3 rings (SSSR count). The lowest BCUT2D eigenvalue weighted by atomic mass is 9.76. The summed E-state index contributed by atoms with van der Waals surface area (Å²) in [7, 11) is 0. The summed E-state index contributed by atoms with van der Waals surface area (Å²) in [5, 5.41) is 10.4. The Morgan fingerprint density at radius 3 is 2.91 bits per heavy atom. The molecule has 1 saturated carbocycles. The van der Waals surface area contributed by atoms with E-state index in [2.05, 4.69) is 21.8 Å². The molecule has 2 aliphatic rings. The monoisotopic (exact) mass is 307 g/mol. The molecular weight excluding hydrogens is 281 g/mol. The van der Waals surface area contributed by atoms with Crippen molar-refractivity contribution in [3.8, 4) is 0 Å². The molecule has 1 N–H and O–H groups in total. The van der Waals surface area contributed by atoms with Gasteiger partial charge in [-0.1, -0.05) is 13.8 Å². The summed E-state index contributed by atoms with van der Waals surface area (Å²) in [6, 6.07) is 0.201. The highest BCUT2D eigenvalue weighted by molar-refractivity contribution is 5.44. The summed E-state index contributed by atoms with van der Waals surface area (Å²) in [5.74, 6) is 1.01. The first-order valence-electron chi connectivity index (χ1n) is 8.55. The van der Waals surface area contributed by atoms with Crippen LogP contribution in [0.25, 0.3) is 0 Å². The van der Waals surface area contributed by atoms with Gasteiger partial charge >= 0.3 is 0 Å². The average Bonchev–Trinajstić information content (AvgIpc) is 2.99. The predicted molar refractivity (Wildman–Crippen MR) is 84.2 cm³/mol. The summed E-state index contributed by atoms with van der Waals surface area (Å²) in [6.45, 7) is 4.97. The number of hydrogen-bond acceptors (Lipinski definition) is 4. The van der Waals surface area contributed by atoms with Gasteiger partial charge in [-0.2, -0.15) is 0 Å². The fraction of sp³-hybridized carbons (Fsp3) is 0.765. The third-order valence-corrected chi connectivity index (χ3v) is 5.37. The number of aliphatic hydroxyl groups is 1. The van der Waals surface area contributed by atoms with Crippen LogP contribution < -0.4 is 4.90 Å². The molecule has 1 aliphatic carbocycles. The van der Waals surface area contributed by atoms with Crippen LogP contribution in [0.2, 0.25) is 0 Å². The Labute approximate surface area is 131 Å². The van der Waals surface area contributed by atoms with Crippen LogP contribution in [0, 0.1) is 17.7 Å². The molecule has 2 heterocycles. The van der Waals surface area contributed by atoms with Gasteiger partial charge in [-0.15, -0.1) is 0 Å². The van der Waals surface area contributed by atoms with Crippen LogP contribution in [0.3, 0.4) is 0 Å². The summed E-state index contributed by atoms with van der Waals surface area (Å²) in [5.41, 5.74) is 0.480. The molecule has 4 atom stereocenters. The maximum Gasteiger partial charge on any atom is 0.187 e. The van der Waals surface area contributed by atoms with E-state index in [9.17, 15) is 9.50 Å². The number of aryl methyl sites for hydroxylation is 1. The van der Waals surface area contributed by atoms with Gasteiger partial charge < -0.3 is 10.0 Å². The maximum atomic E-state index is 14.6. The number of halogens is 1. The number of aromatic nitrogens is 2. The van der Waals surface area contributed by atoms with E-state index in [0.717, 1.165) is 38.6 Å². The molecule has 1 aromatic heterocycles. The minimum Gasteiger partial charge on any atom is -0.393 e. The number of aliphatic hydroxyl groups excluding tert-OH is 1. The normalized spacial score (nSPS) is 32.5. The Bertz CT molecular complexity index is 525. The Hall–Kier alpha value is -1.23. The lowest BCUT2D eigenvalue weighted by Gasteiger charge is -2.39. The first-order chi connectivity index (χ1) is 10.6. The molecule has 2 fully saturated rings. The molecule has 122 valence electrons. The third-order valence-electron chi connectivity index (χ3n) is 5.37. The quantitative estimate of drug-likeness (QED) is 0.933. The van der Waals surface area contributed by atoms with Crippen LogP contribution in [0.5, 0.6) is 0 Å². The van der Waals surface area contributed by atoms with Crippen molar-refractivity contribution in [2.75, 3.05) is 11.4 Å². The van der Waals surface area contributed by atoms with Gasteiger partial charge in [0.1, 0.15) is 6.33 Å². The van der Waals surface area contributed by atoms with Crippen molar-refractivity contribution < 1.29 is 9.50 Å². The zero-order valence-electron chi connectivity index (χ0n) is 13.5. The smallest absolute Gasteiger partial charge is 0.187 e. The van der Waals surface area contributed by atoms with E-state index >= 15 is 0 Å². The first-order valence-corrected chi connectivity index (χ1v) is 8.55. The first kappa shape index (κ1) is 15.7. The third kappa shape index (κ3) is 2.83. The minimum atomic E-state index is -0.282. The summed E-state index contributed by atoms with van der Waals surface area (Å²) >= 11 is 0. The van der Waals surface area contributed by atoms with Crippen molar-refractivity contribution in [3.63, 3.8) is 0 Å². The molecule has 0 spiro atoms. The Morgan fingerprint density at radius 1 is 1.32 bits per heavy atom. The highest BCUT2D eigenvalue weighted by Crippen LogP contribution is 2.39. The number of rotatable bonds is 3. The SMILES string of the molecule is CCc1ncnc(N2CCC[C@@H]2[C@@H]2C[C@@H](C)CC[C@H]2O)c1F. The van der Waals surface area contributed by atoms with Gasteiger partial charge in [-0.25, -0.2) is 14.4 Å². The predicted octanol–water partition coefficient (Wildman–Crippen LogP) is 2.94. The van der Waals surface area contributed by atoms with Gasteiger partial charge in [0.05, 0.1) is 11.8 Å². The van der Waals surface area contributed by atoms with Crippen LogP contribution in [0.4, 0.5) is 10.2 Å². The van der Waals surface area contributed by atoms with Crippen LogP contribution in [0.15, 0.2) is 6.33 Å². The number of anilines is 1. The molecule has 0 aromatic carbocycles. The molecular formula is C17H26FN3O. The molecule has 1 aromatic rings. The van der Waals surface area contributed by atoms with Crippen LogP contribution in [0.1, 0.15) is 51.6 Å². The Kier molecular flexibility index (Phi) is 4.62. The zero-order chi connectivity index (χ0) is 15.7. The molecule has 0 unspecified atom stereocenters. The van der Waals surface area contributed by atoms with Crippen LogP contribution >= 0.6 is 0 Å². The van der Waals surface area contributed by atoms with Gasteiger partial charge in [0, 0.05) is 18.5 Å². The Morgan fingerprint density at radius 2 is 2.14 bits per heavy atom. The van der Waals surface area contributed by atoms with Crippen molar-refractivity contribution in [1.82, 2.24) is 9.97 Å². The second kappa shape index (κ2) is 6.49. The lowest BCUT2D eigenvalue weighted by molar-refractivity contribution is 0.0389. The summed E-state index contributed by atoms with van der Waals surface area (Å²) < 4.78 is 14.6. The van der Waals surface area contributed by atoms with Crippen molar-refractivity contribution in [1.29, 1.82) is 0 Å². The van der Waals surface area contributed by atoms with Crippen molar-refractivity contribution in [3.05, 3.63) is 17.8 Å². The average molecular weight is 307 g/mol.